The highest BCUT2D eigenvalue weighted by molar-refractivity contribution is 5.77. The molecule has 3 atom stereocenters. The number of carbonyl (C=O) groups excluding carboxylic acids is 1. The summed E-state index contributed by atoms with van der Waals surface area (Å²) in [5, 5.41) is 32.8. The van der Waals surface area contributed by atoms with Gasteiger partial charge in [-0.1, -0.05) is 98.3 Å². The molecule has 0 aliphatic carbocycles. The van der Waals surface area contributed by atoms with Crippen LogP contribution >= 0.6 is 0 Å². The Morgan fingerprint density at radius 3 is 1.35 bits per heavy atom. The lowest BCUT2D eigenvalue weighted by Crippen LogP contribution is -2.71. The van der Waals surface area contributed by atoms with Crippen LogP contribution in [0.15, 0.2) is 12.3 Å². The van der Waals surface area contributed by atoms with E-state index in [2.05, 4.69) is 6.92 Å². The minimum absolute atomic E-state index is 0.159. The standard InChI is InChI=1S/C30H55NO6/c1-5-9-10-11-12-13-14-15-16-17-18-19-20-24-31(25(21-6-2)28(32)33,26(22-7-3)29(34)35)27(23-8-4)30(36)37/h20,24-27H,5-19,21-23H2,1-4H3,(H2-,32,33,34,35,36,37)/b24-20+. The lowest BCUT2D eigenvalue weighted by Gasteiger charge is -2.49. The Morgan fingerprint density at radius 1 is 0.622 bits per heavy atom. The lowest BCUT2D eigenvalue weighted by molar-refractivity contribution is -0.930. The highest BCUT2D eigenvalue weighted by Gasteiger charge is 2.54. The highest BCUT2D eigenvalue weighted by atomic mass is 16.4. The zero-order valence-electron chi connectivity index (χ0n) is 24.1. The first-order valence-corrected chi connectivity index (χ1v) is 15.0. The molecule has 0 amide bonds. The summed E-state index contributed by atoms with van der Waals surface area (Å²) in [5.74, 6) is -3.71. The van der Waals surface area contributed by atoms with E-state index < -0.39 is 40.5 Å². The van der Waals surface area contributed by atoms with Gasteiger partial charge in [0.25, 0.3) is 0 Å². The van der Waals surface area contributed by atoms with Gasteiger partial charge in [0.2, 0.25) is 0 Å². The van der Waals surface area contributed by atoms with Crippen LogP contribution in [-0.4, -0.2) is 50.7 Å². The van der Waals surface area contributed by atoms with Crippen molar-refractivity contribution in [3.63, 3.8) is 0 Å². The molecular formula is C30H55NO6. The number of hydrogen-bond donors (Lipinski definition) is 2. The SMILES string of the molecule is CCCCCCCCCCCCC/C=C/[N+](C(CCC)C(=O)[O-])(C(CCC)C(=O)O)C(CCC)C(=O)O. The molecule has 0 spiro atoms. The van der Waals surface area contributed by atoms with Crippen molar-refractivity contribution in [1.82, 2.24) is 0 Å². The number of quaternary nitrogens is 1. The molecule has 0 aromatic rings. The number of aliphatic carboxylic acids is 3. The third-order valence-corrected chi connectivity index (χ3v) is 7.49. The second kappa shape index (κ2) is 21.1. The van der Waals surface area contributed by atoms with Gasteiger partial charge in [-0.3, -0.25) is 4.48 Å². The number of nitrogens with zero attached hydrogens (tertiary/aromatic N) is 1. The maximum absolute atomic E-state index is 12.5. The van der Waals surface area contributed by atoms with Crippen LogP contribution in [0.3, 0.4) is 0 Å². The van der Waals surface area contributed by atoms with Crippen molar-refractivity contribution >= 4 is 17.9 Å². The molecule has 37 heavy (non-hydrogen) atoms. The quantitative estimate of drug-likeness (QED) is 0.105. The van der Waals surface area contributed by atoms with Gasteiger partial charge in [0, 0.05) is 19.3 Å². The van der Waals surface area contributed by atoms with Crippen LogP contribution in [0.1, 0.15) is 143 Å². The normalized spacial score (nSPS) is 15.8. The third-order valence-electron chi connectivity index (χ3n) is 7.49. The van der Waals surface area contributed by atoms with Crippen LogP contribution in [0, 0.1) is 0 Å². The van der Waals surface area contributed by atoms with Crippen LogP contribution in [0.4, 0.5) is 0 Å². The summed E-state index contributed by atoms with van der Waals surface area (Å²) in [6.45, 7) is 7.73. The third kappa shape index (κ3) is 12.5. The van der Waals surface area contributed by atoms with Crippen molar-refractivity contribution in [1.29, 1.82) is 0 Å². The molecule has 0 heterocycles. The van der Waals surface area contributed by atoms with E-state index >= 15 is 0 Å². The first-order valence-electron chi connectivity index (χ1n) is 15.0. The predicted molar refractivity (Wildman–Crippen MR) is 147 cm³/mol. The smallest absolute Gasteiger partial charge is 0.363 e. The summed E-state index contributed by atoms with van der Waals surface area (Å²) in [5.41, 5.74) is 0. The molecule has 0 aliphatic heterocycles. The monoisotopic (exact) mass is 525 g/mol. The number of carboxylic acid groups (broad SMARTS) is 3. The molecule has 2 N–H and O–H groups in total. The molecule has 3 unspecified atom stereocenters. The van der Waals surface area contributed by atoms with E-state index in [1.54, 1.807) is 6.20 Å². The molecule has 0 aliphatic rings. The van der Waals surface area contributed by atoms with Gasteiger partial charge in [0.15, 0.2) is 12.1 Å². The first-order chi connectivity index (χ1) is 17.7. The Morgan fingerprint density at radius 2 is 1.00 bits per heavy atom. The topological polar surface area (TPSA) is 115 Å². The van der Waals surface area contributed by atoms with Crippen molar-refractivity contribution in [2.24, 2.45) is 0 Å². The van der Waals surface area contributed by atoms with E-state index in [1.165, 1.54) is 51.4 Å². The van der Waals surface area contributed by atoms with Gasteiger partial charge in [0.05, 0.1) is 12.2 Å². The molecule has 0 rings (SSSR count). The van der Waals surface area contributed by atoms with E-state index in [0.717, 1.165) is 19.3 Å². The van der Waals surface area contributed by atoms with Gasteiger partial charge in [-0.15, -0.1) is 0 Å². The van der Waals surface area contributed by atoms with Crippen LogP contribution < -0.4 is 5.11 Å². The fourth-order valence-electron chi connectivity index (χ4n) is 5.57. The summed E-state index contributed by atoms with van der Waals surface area (Å²) in [4.78, 5) is 37.3. The number of rotatable bonds is 25. The largest absolute Gasteiger partial charge is 0.544 e. The number of hydrogen-bond acceptors (Lipinski definition) is 4. The summed E-state index contributed by atoms with van der Waals surface area (Å²) in [6.07, 6.45) is 19.6. The zero-order valence-corrected chi connectivity index (χ0v) is 24.1. The Kier molecular flexibility index (Phi) is 20.0. The maximum atomic E-state index is 12.5. The minimum Gasteiger partial charge on any atom is -0.544 e. The van der Waals surface area contributed by atoms with Gasteiger partial charge >= 0.3 is 11.9 Å². The van der Waals surface area contributed by atoms with Crippen molar-refractivity contribution < 1.29 is 34.2 Å². The molecule has 0 saturated heterocycles. The molecule has 0 saturated carbocycles. The van der Waals surface area contributed by atoms with Crippen LogP contribution in [0.2, 0.25) is 0 Å². The summed E-state index contributed by atoms with van der Waals surface area (Å²) in [6, 6.07) is -3.57. The fraction of sp³-hybridized carbons (Fsp3) is 0.833. The number of unbranched alkanes of at least 4 members (excludes halogenated alkanes) is 11. The molecule has 0 radical (unpaired) electrons. The maximum Gasteiger partial charge on any atom is 0.363 e. The van der Waals surface area contributed by atoms with Crippen molar-refractivity contribution in [3.05, 3.63) is 12.3 Å². The van der Waals surface area contributed by atoms with E-state index in [9.17, 15) is 29.7 Å². The van der Waals surface area contributed by atoms with Gasteiger partial charge in [-0.25, -0.2) is 9.59 Å². The second-order valence-electron chi connectivity index (χ2n) is 10.5. The highest BCUT2D eigenvalue weighted by Crippen LogP contribution is 2.34. The second-order valence-corrected chi connectivity index (χ2v) is 10.5. The molecule has 0 bridgehead atoms. The van der Waals surface area contributed by atoms with Gasteiger partial charge in [0.1, 0.15) is 6.04 Å². The van der Waals surface area contributed by atoms with E-state index in [4.69, 9.17) is 0 Å². The van der Waals surface area contributed by atoms with Crippen molar-refractivity contribution in [2.75, 3.05) is 0 Å². The minimum atomic E-state index is -1.38. The van der Waals surface area contributed by atoms with E-state index in [0.29, 0.717) is 25.7 Å². The summed E-state index contributed by atoms with van der Waals surface area (Å²) < 4.78 is -0.611. The predicted octanol–water partition coefficient (Wildman–Crippen LogP) is 6.44. The molecule has 0 aromatic carbocycles. The number of allylic oxidation sites excluding steroid dienone is 1. The summed E-state index contributed by atoms with van der Waals surface area (Å²) in [7, 11) is 0. The van der Waals surface area contributed by atoms with Crippen LogP contribution in [0.25, 0.3) is 0 Å². The van der Waals surface area contributed by atoms with Crippen LogP contribution in [0.5, 0.6) is 0 Å². The molecule has 0 aromatic heterocycles. The molecule has 7 heteroatoms. The Hall–Kier alpha value is -1.89. The molecule has 7 nitrogen and oxygen atoms in total. The number of carboxylic acids is 3. The average Bonchev–Trinajstić information content (AvgIpc) is 2.85. The van der Waals surface area contributed by atoms with E-state index in [-0.39, 0.29) is 19.3 Å². The van der Waals surface area contributed by atoms with Gasteiger partial charge in [-0.05, 0) is 31.8 Å². The lowest BCUT2D eigenvalue weighted by atomic mass is 9.93. The average molecular weight is 526 g/mol. The summed E-state index contributed by atoms with van der Waals surface area (Å²) >= 11 is 0. The van der Waals surface area contributed by atoms with Crippen LogP contribution in [-0.2, 0) is 14.4 Å². The first kappa shape index (κ1) is 35.1. The zero-order chi connectivity index (χ0) is 28.1. The van der Waals surface area contributed by atoms with E-state index in [1.807, 2.05) is 26.8 Å². The fourth-order valence-corrected chi connectivity index (χ4v) is 5.57. The Bertz CT molecular complexity index is 603. The van der Waals surface area contributed by atoms with Crippen molar-refractivity contribution in [3.8, 4) is 0 Å². The molecule has 0 fully saturated rings. The molecular weight excluding hydrogens is 470 g/mol. The van der Waals surface area contributed by atoms with Gasteiger partial charge < -0.3 is 20.1 Å². The molecule has 216 valence electrons. The van der Waals surface area contributed by atoms with Gasteiger partial charge in [-0.2, -0.15) is 0 Å². The number of carbonyl (C=O) groups is 3. The Balaban J connectivity index is 5.59. The Labute approximate surface area is 225 Å². The van der Waals surface area contributed by atoms with Crippen molar-refractivity contribution in [2.45, 2.75) is 161 Å².